The van der Waals surface area contributed by atoms with Crippen LogP contribution in [0.4, 0.5) is 4.79 Å². The summed E-state index contributed by atoms with van der Waals surface area (Å²) in [6.07, 6.45) is 5.87. The average Bonchev–Trinajstić information content (AvgIpc) is 2.74. The molecule has 0 aromatic heterocycles. The van der Waals surface area contributed by atoms with Crippen molar-refractivity contribution in [1.82, 2.24) is 4.90 Å². The maximum Gasteiger partial charge on any atom is 0.410 e. The highest BCUT2D eigenvalue weighted by molar-refractivity contribution is 5.69. The van der Waals surface area contributed by atoms with Crippen LogP contribution in [0.5, 0.6) is 0 Å². The molecule has 2 fully saturated rings. The van der Waals surface area contributed by atoms with Crippen molar-refractivity contribution in [3.8, 4) is 0 Å². The molecule has 3 unspecified atom stereocenters. The molecule has 0 aromatic carbocycles. The number of nitrogens with zero attached hydrogens (tertiary/aromatic N) is 1. The van der Waals surface area contributed by atoms with Gasteiger partial charge in [0.05, 0.1) is 5.60 Å². The van der Waals surface area contributed by atoms with Gasteiger partial charge in [0.2, 0.25) is 0 Å². The fourth-order valence-electron chi connectivity index (χ4n) is 3.71. The highest BCUT2D eigenvalue weighted by Gasteiger charge is 2.45. The molecule has 2 rings (SSSR count). The molecule has 1 aliphatic heterocycles. The van der Waals surface area contributed by atoms with Gasteiger partial charge in [-0.1, -0.05) is 12.8 Å². The lowest BCUT2D eigenvalue weighted by Gasteiger charge is -2.43. The summed E-state index contributed by atoms with van der Waals surface area (Å²) in [4.78, 5) is 14.2. The summed E-state index contributed by atoms with van der Waals surface area (Å²) in [6.45, 7) is 8.38. The van der Waals surface area contributed by atoms with Gasteiger partial charge in [-0.05, 0) is 53.4 Å². The van der Waals surface area contributed by atoms with Crippen molar-refractivity contribution in [2.24, 2.45) is 5.92 Å². The standard InChI is InChI=1S/C16H29NO3/c1-15(2,3)20-14(18)17-11-7-9-13(17)12-8-5-6-10-16(12,4)19/h12-13,19H,5-11H2,1-4H3. The van der Waals surface area contributed by atoms with E-state index in [-0.39, 0.29) is 18.1 Å². The van der Waals surface area contributed by atoms with Gasteiger partial charge in [-0.3, -0.25) is 0 Å². The number of amides is 1. The Hall–Kier alpha value is -0.770. The molecule has 1 N–H and O–H groups in total. The predicted octanol–water partition coefficient (Wildman–Crippen LogP) is 3.33. The highest BCUT2D eigenvalue weighted by Crippen LogP contribution is 2.41. The molecule has 3 atom stereocenters. The Balaban J connectivity index is 2.08. The van der Waals surface area contributed by atoms with Gasteiger partial charge in [0.1, 0.15) is 5.60 Å². The van der Waals surface area contributed by atoms with Gasteiger partial charge in [0, 0.05) is 18.5 Å². The van der Waals surface area contributed by atoms with E-state index < -0.39 is 11.2 Å². The van der Waals surface area contributed by atoms with E-state index >= 15 is 0 Å². The van der Waals surface area contributed by atoms with E-state index in [2.05, 4.69) is 0 Å². The molecule has 1 saturated heterocycles. The molecule has 116 valence electrons. The van der Waals surface area contributed by atoms with Gasteiger partial charge >= 0.3 is 6.09 Å². The summed E-state index contributed by atoms with van der Waals surface area (Å²) < 4.78 is 5.52. The Morgan fingerprint density at radius 3 is 2.55 bits per heavy atom. The van der Waals surface area contributed by atoms with Gasteiger partial charge in [-0.15, -0.1) is 0 Å². The number of likely N-dealkylation sites (tertiary alicyclic amines) is 1. The number of aliphatic hydroxyl groups is 1. The maximum atomic E-state index is 12.3. The zero-order valence-corrected chi connectivity index (χ0v) is 13.3. The first-order valence-electron chi connectivity index (χ1n) is 7.93. The summed E-state index contributed by atoms with van der Waals surface area (Å²) in [5.74, 6) is 0.186. The van der Waals surface area contributed by atoms with Gasteiger partial charge in [0.15, 0.2) is 0 Å². The predicted molar refractivity (Wildman–Crippen MR) is 78.5 cm³/mol. The third-order valence-electron chi connectivity index (χ3n) is 4.64. The number of hydrogen-bond donors (Lipinski definition) is 1. The fraction of sp³-hybridized carbons (Fsp3) is 0.938. The van der Waals surface area contributed by atoms with Crippen LogP contribution in [0.3, 0.4) is 0 Å². The summed E-state index contributed by atoms with van der Waals surface area (Å²) in [7, 11) is 0. The Bertz CT molecular complexity index is 359. The van der Waals surface area contributed by atoms with E-state index in [0.29, 0.717) is 0 Å². The van der Waals surface area contributed by atoms with Gasteiger partial charge in [-0.2, -0.15) is 0 Å². The molecule has 0 radical (unpaired) electrons. The van der Waals surface area contributed by atoms with E-state index in [4.69, 9.17) is 4.74 Å². The molecule has 1 saturated carbocycles. The van der Waals surface area contributed by atoms with E-state index in [9.17, 15) is 9.90 Å². The molecule has 0 bridgehead atoms. The van der Waals surface area contributed by atoms with Crippen molar-refractivity contribution in [1.29, 1.82) is 0 Å². The minimum Gasteiger partial charge on any atom is -0.444 e. The van der Waals surface area contributed by atoms with Crippen molar-refractivity contribution in [3.05, 3.63) is 0 Å². The Kier molecular flexibility index (Phi) is 4.33. The van der Waals surface area contributed by atoms with E-state index in [0.717, 1.165) is 45.1 Å². The van der Waals surface area contributed by atoms with Crippen LogP contribution < -0.4 is 0 Å². The first-order valence-corrected chi connectivity index (χ1v) is 7.93. The van der Waals surface area contributed by atoms with Crippen LogP contribution in [-0.4, -0.2) is 39.9 Å². The number of carbonyl (C=O) groups is 1. The summed E-state index contributed by atoms with van der Waals surface area (Å²) in [6, 6.07) is 0.139. The molecule has 0 aromatic rings. The smallest absolute Gasteiger partial charge is 0.410 e. The Morgan fingerprint density at radius 1 is 1.25 bits per heavy atom. The van der Waals surface area contributed by atoms with E-state index in [1.54, 1.807) is 0 Å². The molecule has 20 heavy (non-hydrogen) atoms. The van der Waals surface area contributed by atoms with Crippen molar-refractivity contribution < 1.29 is 14.6 Å². The van der Waals surface area contributed by atoms with Crippen molar-refractivity contribution in [2.45, 2.75) is 83.5 Å². The highest BCUT2D eigenvalue weighted by atomic mass is 16.6. The summed E-state index contributed by atoms with van der Waals surface area (Å²) >= 11 is 0. The monoisotopic (exact) mass is 283 g/mol. The van der Waals surface area contributed by atoms with Crippen molar-refractivity contribution in [2.75, 3.05) is 6.54 Å². The molecular formula is C16H29NO3. The molecule has 1 aliphatic carbocycles. The topological polar surface area (TPSA) is 49.8 Å². The SMILES string of the molecule is CC(C)(C)OC(=O)N1CCCC1C1CCCCC1(C)O. The third kappa shape index (κ3) is 3.46. The lowest BCUT2D eigenvalue weighted by atomic mass is 9.72. The van der Waals surface area contributed by atoms with Crippen LogP contribution in [0.25, 0.3) is 0 Å². The average molecular weight is 283 g/mol. The van der Waals surface area contributed by atoms with Crippen LogP contribution in [0.2, 0.25) is 0 Å². The van der Waals surface area contributed by atoms with E-state index in [1.165, 1.54) is 0 Å². The molecule has 4 nitrogen and oxygen atoms in total. The number of ether oxygens (including phenoxy) is 1. The Morgan fingerprint density at radius 2 is 1.95 bits per heavy atom. The molecule has 1 heterocycles. The molecule has 1 amide bonds. The summed E-state index contributed by atoms with van der Waals surface area (Å²) in [5.41, 5.74) is -1.10. The minimum absolute atomic E-state index is 0.139. The van der Waals surface area contributed by atoms with Crippen molar-refractivity contribution in [3.63, 3.8) is 0 Å². The second kappa shape index (κ2) is 5.55. The minimum atomic E-state index is -0.645. The van der Waals surface area contributed by atoms with Crippen LogP contribution in [0, 0.1) is 5.92 Å². The number of rotatable bonds is 1. The van der Waals surface area contributed by atoms with E-state index in [1.807, 2.05) is 32.6 Å². The quantitative estimate of drug-likeness (QED) is 0.803. The van der Waals surface area contributed by atoms with Gasteiger partial charge in [0.25, 0.3) is 0 Å². The normalized spacial score (nSPS) is 35.1. The van der Waals surface area contributed by atoms with Crippen molar-refractivity contribution >= 4 is 6.09 Å². The fourth-order valence-corrected chi connectivity index (χ4v) is 3.71. The molecule has 2 aliphatic rings. The first kappa shape index (κ1) is 15.6. The second-order valence-electron chi connectivity index (χ2n) is 7.59. The van der Waals surface area contributed by atoms with Crippen LogP contribution in [0.1, 0.15) is 66.2 Å². The molecular weight excluding hydrogens is 254 g/mol. The van der Waals surface area contributed by atoms with Crippen LogP contribution in [0.15, 0.2) is 0 Å². The third-order valence-corrected chi connectivity index (χ3v) is 4.64. The lowest BCUT2D eigenvalue weighted by molar-refractivity contribution is -0.0638. The van der Waals surface area contributed by atoms with Crippen LogP contribution >= 0.6 is 0 Å². The molecule has 0 spiro atoms. The van der Waals surface area contributed by atoms with Gasteiger partial charge in [-0.25, -0.2) is 4.79 Å². The zero-order valence-electron chi connectivity index (χ0n) is 13.3. The lowest BCUT2D eigenvalue weighted by Crippen LogP contribution is -2.51. The molecule has 4 heteroatoms. The maximum absolute atomic E-state index is 12.3. The second-order valence-corrected chi connectivity index (χ2v) is 7.59. The number of hydrogen-bond acceptors (Lipinski definition) is 3. The van der Waals surface area contributed by atoms with Crippen LogP contribution in [-0.2, 0) is 4.74 Å². The Labute approximate surface area is 122 Å². The largest absolute Gasteiger partial charge is 0.444 e. The first-order chi connectivity index (χ1) is 9.21. The zero-order chi connectivity index (χ0) is 15.0. The number of carbonyl (C=O) groups excluding carboxylic acids is 1. The summed E-state index contributed by atoms with van der Waals surface area (Å²) in [5, 5.41) is 10.6. The van der Waals surface area contributed by atoms with Gasteiger partial charge < -0.3 is 14.7 Å².